The summed E-state index contributed by atoms with van der Waals surface area (Å²) >= 11 is 0. The van der Waals surface area contributed by atoms with Gasteiger partial charge in [-0.3, -0.25) is 10.1 Å². The number of sulfonamides is 1. The van der Waals surface area contributed by atoms with Gasteiger partial charge in [-0.1, -0.05) is 0 Å². The number of benzene rings is 1. The van der Waals surface area contributed by atoms with Crippen LogP contribution < -0.4 is 9.62 Å². The van der Waals surface area contributed by atoms with Crippen molar-refractivity contribution in [1.29, 1.82) is 0 Å². The van der Waals surface area contributed by atoms with E-state index in [0.29, 0.717) is 31.1 Å². The maximum absolute atomic E-state index is 11.9. The lowest BCUT2D eigenvalue weighted by atomic mass is 10.1. The van der Waals surface area contributed by atoms with Gasteiger partial charge in [-0.2, -0.15) is 0 Å². The Bertz CT molecular complexity index is 865. The largest absolute Gasteiger partial charge is 0.467 e. The van der Waals surface area contributed by atoms with Crippen LogP contribution in [0.1, 0.15) is 11.9 Å². The molecule has 3 rings (SSSR count). The van der Waals surface area contributed by atoms with E-state index >= 15 is 0 Å². The minimum Gasteiger partial charge on any atom is -0.467 e. The average molecular weight is 367 g/mol. The molecule has 1 unspecified atom stereocenters. The van der Waals surface area contributed by atoms with Gasteiger partial charge in [-0.05, 0) is 31.3 Å². The van der Waals surface area contributed by atoms with Crippen LogP contribution in [-0.2, 0) is 14.8 Å². The Kier molecular flexibility index (Phi) is 4.75. The minimum absolute atomic E-state index is 0.152. The fraction of sp³-hybridized carbons (Fsp3) is 0.333. The molecular weight excluding hydrogens is 350 g/mol. The Labute approximate surface area is 144 Å². The van der Waals surface area contributed by atoms with Crippen molar-refractivity contribution < 1.29 is 22.5 Å². The van der Waals surface area contributed by atoms with Crippen LogP contribution in [0.25, 0.3) is 0 Å². The summed E-state index contributed by atoms with van der Waals surface area (Å²) in [6.45, 7) is 1.20. The van der Waals surface area contributed by atoms with E-state index in [0.717, 1.165) is 6.07 Å². The van der Waals surface area contributed by atoms with E-state index in [9.17, 15) is 18.5 Å². The van der Waals surface area contributed by atoms with Gasteiger partial charge in [0.1, 0.15) is 17.6 Å². The van der Waals surface area contributed by atoms with E-state index in [4.69, 9.17) is 9.15 Å². The molecule has 1 atom stereocenters. The van der Waals surface area contributed by atoms with E-state index in [1.54, 1.807) is 17.0 Å². The smallest absolute Gasteiger partial charge is 0.293 e. The predicted molar refractivity (Wildman–Crippen MR) is 89.0 cm³/mol. The first-order valence-corrected chi connectivity index (χ1v) is 9.02. The summed E-state index contributed by atoms with van der Waals surface area (Å²) in [6.07, 6.45) is 1.20. The summed E-state index contributed by atoms with van der Waals surface area (Å²) in [5.74, 6) is 0.640. The second-order valence-electron chi connectivity index (χ2n) is 5.44. The number of nitro groups is 1. The molecule has 0 saturated carbocycles. The second-order valence-corrected chi connectivity index (χ2v) is 7.32. The number of furan rings is 1. The Morgan fingerprint density at radius 3 is 2.80 bits per heavy atom. The zero-order valence-corrected chi connectivity index (χ0v) is 14.2. The van der Waals surface area contributed by atoms with Crippen LogP contribution in [0, 0.1) is 10.1 Å². The van der Waals surface area contributed by atoms with Crippen molar-refractivity contribution in [1.82, 2.24) is 4.72 Å². The maximum atomic E-state index is 11.9. The third kappa shape index (κ3) is 3.50. The molecule has 1 fully saturated rings. The first-order chi connectivity index (χ1) is 11.9. The van der Waals surface area contributed by atoms with Crippen molar-refractivity contribution in [3.05, 3.63) is 52.5 Å². The fourth-order valence-corrected chi connectivity index (χ4v) is 3.47. The molecule has 0 bridgehead atoms. The van der Waals surface area contributed by atoms with Crippen LogP contribution in [0.2, 0.25) is 0 Å². The van der Waals surface area contributed by atoms with Crippen LogP contribution in [0.15, 0.2) is 45.9 Å². The van der Waals surface area contributed by atoms with Crippen LogP contribution in [-0.4, -0.2) is 40.1 Å². The summed E-state index contributed by atoms with van der Waals surface area (Å²) in [6, 6.07) is 7.40. The molecule has 1 aromatic carbocycles. The van der Waals surface area contributed by atoms with Gasteiger partial charge in [0.15, 0.2) is 0 Å². The van der Waals surface area contributed by atoms with Crippen molar-refractivity contribution in [2.75, 3.05) is 31.6 Å². The number of ether oxygens (including phenoxy) is 1. The number of hydrogen-bond acceptors (Lipinski definition) is 7. The molecule has 2 heterocycles. The van der Waals surface area contributed by atoms with E-state index in [-0.39, 0.29) is 16.7 Å². The van der Waals surface area contributed by atoms with E-state index in [2.05, 4.69) is 4.72 Å². The van der Waals surface area contributed by atoms with Crippen molar-refractivity contribution in [2.24, 2.45) is 0 Å². The standard InChI is InChI=1S/C15H17N3O6S/c1-16-25(21,22)11-4-5-12(13(9-11)18(19)20)17-6-8-24-15(10-17)14-3-2-7-23-14/h2-5,7,9,15-16H,6,8,10H2,1H3. The molecule has 1 aliphatic heterocycles. The molecular formula is C15H17N3O6S. The van der Waals surface area contributed by atoms with Crippen LogP contribution in [0.4, 0.5) is 11.4 Å². The van der Waals surface area contributed by atoms with Gasteiger partial charge in [-0.15, -0.1) is 0 Å². The lowest BCUT2D eigenvalue weighted by Crippen LogP contribution is -2.38. The molecule has 2 aromatic rings. The fourth-order valence-electron chi connectivity index (χ4n) is 2.72. The molecule has 0 amide bonds. The van der Waals surface area contributed by atoms with Gasteiger partial charge >= 0.3 is 0 Å². The summed E-state index contributed by atoms with van der Waals surface area (Å²) in [7, 11) is -2.51. The molecule has 10 heteroatoms. The van der Waals surface area contributed by atoms with Crippen LogP contribution in [0.5, 0.6) is 0 Å². The molecule has 1 saturated heterocycles. The van der Waals surface area contributed by atoms with E-state index in [1.807, 2.05) is 0 Å². The van der Waals surface area contributed by atoms with Crippen molar-refractivity contribution >= 4 is 21.4 Å². The zero-order valence-electron chi connectivity index (χ0n) is 13.4. The minimum atomic E-state index is -3.76. The molecule has 9 nitrogen and oxygen atoms in total. The summed E-state index contributed by atoms with van der Waals surface area (Å²) in [5.41, 5.74) is 0.0799. The quantitative estimate of drug-likeness (QED) is 0.631. The predicted octanol–water partition coefficient (Wildman–Crippen LogP) is 1.67. The highest BCUT2D eigenvalue weighted by Gasteiger charge is 2.29. The highest BCUT2D eigenvalue weighted by molar-refractivity contribution is 7.89. The van der Waals surface area contributed by atoms with E-state index in [1.165, 1.54) is 25.4 Å². The van der Waals surface area contributed by atoms with Crippen LogP contribution >= 0.6 is 0 Å². The number of anilines is 1. The Balaban J connectivity index is 1.94. The summed E-state index contributed by atoms with van der Waals surface area (Å²) in [5, 5.41) is 11.5. The zero-order chi connectivity index (χ0) is 18.0. The molecule has 25 heavy (non-hydrogen) atoms. The summed E-state index contributed by atoms with van der Waals surface area (Å²) < 4.78 is 36.9. The van der Waals surface area contributed by atoms with Gasteiger partial charge in [0.2, 0.25) is 10.0 Å². The topological polar surface area (TPSA) is 115 Å². The Morgan fingerprint density at radius 1 is 1.36 bits per heavy atom. The molecule has 134 valence electrons. The Hall–Kier alpha value is -2.43. The highest BCUT2D eigenvalue weighted by atomic mass is 32.2. The van der Waals surface area contributed by atoms with Crippen molar-refractivity contribution in [2.45, 2.75) is 11.0 Å². The first kappa shape index (κ1) is 17.4. The summed E-state index contributed by atoms with van der Waals surface area (Å²) in [4.78, 5) is 12.5. The monoisotopic (exact) mass is 367 g/mol. The molecule has 0 radical (unpaired) electrons. The highest BCUT2D eigenvalue weighted by Crippen LogP contribution is 2.34. The second kappa shape index (κ2) is 6.82. The molecule has 0 spiro atoms. The van der Waals surface area contributed by atoms with Crippen molar-refractivity contribution in [3.8, 4) is 0 Å². The number of nitrogens with one attached hydrogen (secondary N) is 1. The Morgan fingerprint density at radius 2 is 2.16 bits per heavy atom. The lowest BCUT2D eigenvalue weighted by molar-refractivity contribution is -0.384. The molecule has 1 aromatic heterocycles. The van der Waals surface area contributed by atoms with Crippen molar-refractivity contribution in [3.63, 3.8) is 0 Å². The van der Waals surface area contributed by atoms with Gasteiger partial charge in [0.25, 0.3) is 5.69 Å². The molecule has 1 aliphatic rings. The van der Waals surface area contributed by atoms with Gasteiger partial charge in [-0.25, -0.2) is 13.1 Å². The number of nitrogens with zero attached hydrogens (tertiary/aromatic N) is 2. The normalized spacial score (nSPS) is 18.3. The SMILES string of the molecule is CNS(=O)(=O)c1ccc(N2CCOC(c3ccco3)C2)c([N+](=O)[O-])c1. The number of hydrogen-bond donors (Lipinski definition) is 1. The van der Waals surface area contributed by atoms with E-state index < -0.39 is 14.9 Å². The third-order valence-corrected chi connectivity index (χ3v) is 5.40. The number of rotatable bonds is 5. The third-order valence-electron chi connectivity index (χ3n) is 3.99. The van der Waals surface area contributed by atoms with Gasteiger partial charge in [0.05, 0.1) is 29.2 Å². The maximum Gasteiger partial charge on any atom is 0.293 e. The molecule has 0 aliphatic carbocycles. The lowest BCUT2D eigenvalue weighted by Gasteiger charge is -2.33. The number of morpholine rings is 1. The first-order valence-electron chi connectivity index (χ1n) is 7.54. The van der Waals surface area contributed by atoms with Gasteiger partial charge < -0.3 is 14.1 Å². The number of nitro benzene ring substituents is 1. The van der Waals surface area contributed by atoms with Gasteiger partial charge in [0, 0.05) is 12.6 Å². The molecule has 1 N–H and O–H groups in total. The van der Waals surface area contributed by atoms with Crippen LogP contribution in [0.3, 0.4) is 0 Å². The average Bonchev–Trinajstić information content (AvgIpc) is 3.16.